The van der Waals surface area contributed by atoms with Gasteiger partial charge in [-0.25, -0.2) is 0 Å². The predicted octanol–water partition coefficient (Wildman–Crippen LogP) is 6.95. The van der Waals surface area contributed by atoms with E-state index in [2.05, 4.69) is 37.6 Å². The van der Waals surface area contributed by atoms with Gasteiger partial charge in [-0.3, -0.25) is 0 Å². The van der Waals surface area contributed by atoms with E-state index in [0.29, 0.717) is 12.5 Å². The molecule has 0 amide bonds. The van der Waals surface area contributed by atoms with Gasteiger partial charge in [-0.15, -0.1) is 0 Å². The molecule has 0 aromatic heterocycles. The maximum absolute atomic E-state index is 9.95. The summed E-state index contributed by atoms with van der Waals surface area (Å²) >= 11 is 2.10. The fourth-order valence-electron chi connectivity index (χ4n) is 5.01. The van der Waals surface area contributed by atoms with Crippen LogP contribution in [0, 0.1) is 0 Å². The van der Waals surface area contributed by atoms with Crippen molar-refractivity contribution in [2.75, 3.05) is 38.2 Å². The Morgan fingerprint density at radius 2 is 1.65 bits per heavy atom. The second-order valence-electron chi connectivity index (χ2n) is 10.00. The molecule has 2 atom stereocenters. The number of nitrogens with zero attached hydrogens (tertiary/aromatic N) is 1. The highest BCUT2D eigenvalue weighted by Gasteiger charge is 2.42. The van der Waals surface area contributed by atoms with Crippen molar-refractivity contribution in [3.05, 3.63) is 53.6 Å². The first kappa shape index (κ1) is 26.7. The molecule has 1 aliphatic heterocycles. The number of aromatic hydroxyl groups is 2. The SMILES string of the molecule is CCCCSCCCN(C)CCCCCC1c2ccc(O)cc2OCC1(C)c1ccc(O)cc1. The molecule has 0 radical (unpaired) electrons. The molecule has 4 nitrogen and oxygen atoms in total. The lowest BCUT2D eigenvalue weighted by atomic mass is 9.66. The Bertz CT molecular complexity index is 872. The van der Waals surface area contributed by atoms with Crippen LogP contribution in [-0.2, 0) is 5.41 Å². The maximum atomic E-state index is 9.95. The average Bonchev–Trinajstić information content (AvgIpc) is 2.82. The molecule has 2 aromatic carbocycles. The summed E-state index contributed by atoms with van der Waals surface area (Å²) in [5.74, 6) is 4.22. The smallest absolute Gasteiger partial charge is 0.126 e. The normalized spacial score (nSPS) is 19.7. The summed E-state index contributed by atoms with van der Waals surface area (Å²) < 4.78 is 6.13. The van der Waals surface area contributed by atoms with Crippen LogP contribution < -0.4 is 4.74 Å². The molecule has 0 bridgehead atoms. The average molecular weight is 486 g/mol. The number of fused-ring (bicyclic) bond motifs is 1. The number of benzene rings is 2. The van der Waals surface area contributed by atoms with Gasteiger partial charge in [-0.05, 0) is 86.7 Å². The summed E-state index contributed by atoms with van der Waals surface area (Å²) in [6, 6.07) is 13.1. The molecule has 2 aromatic rings. The minimum absolute atomic E-state index is 0.177. The van der Waals surface area contributed by atoms with Crippen molar-refractivity contribution in [2.24, 2.45) is 0 Å². The molecule has 3 rings (SSSR count). The van der Waals surface area contributed by atoms with E-state index in [0.717, 1.165) is 18.7 Å². The van der Waals surface area contributed by atoms with Gasteiger partial charge in [0.15, 0.2) is 0 Å². The largest absolute Gasteiger partial charge is 0.508 e. The molecule has 0 aliphatic carbocycles. The van der Waals surface area contributed by atoms with E-state index in [1.165, 1.54) is 67.7 Å². The first-order valence-electron chi connectivity index (χ1n) is 13.0. The van der Waals surface area contributed by atoms with Crippen molar-refractivity contribution < 1.29 is 14.9 Å². The molecule has 1 aliphatic rings. The molecule has 2 unspecified atom stereocenters. The quantitative estimate of drug-likeness (QED) is 0.284. The molecule has 0 fully saturated rings. The van der Waals surface area contributed by atoms with E-state index in [4.69, 9.17) is 4.74 Å². The molecular weight excluding hydrogens is 442 g/mol. The second kappa shape index (κ2) is 13.3. The second-order valence-corrected chi connectivity index (χ2v) is 11.2. The van der Waals surface area contributed by atoms with Crippen LogP contribution in [0.1, 0.15) is 75.8 Å². The molecule has 0 saturated carbocycles. The van der Waals surface area contributed by atoms with Gasteiger partial charge in [0, 0.05) is 17.4 Å². The highest BCUT2D eigenvalue weighted by molar-refractivity contribution is 7.99. The summed E-state index contributed by atoms with van der Waals surface area (Å²) in [7, 11) is 2.25. The zero-order chi connectivity index (χ0) is 24.4. The van der Waals surface area contributed by atoms with Gasteiger partial charge in [0.2, 0.25) is 0 Å². The molecular formula is C29H43NO3S. The van der Waals surface area contributed by atoms with Gasteiger partial charge in [0.1, 0.15) is 17.2 Å². The van der Waals surface area contributed by atoms with E-state index in [-0.39, 0.29) is 16.9 Å². The van der Waals surface area contributed by atoms with Crippen molar-refractivity contribution in [3.63, 3.8) is 0 Å². The predicted molar refractivity (Wildman–Crippen MR) is 145 cm³/mol. The topological polar surface area (TPSA) is 52.9 Å². The minimum Gasteiger partial charge on any atom is -0.508 e. The van der Waals surface area contributed by atoms with E-state index in [1.54, 1.807) is 24.3 Å². The first-order chi connectivity index (χ1) is 16.4. The van der Waals surface area contributed by atoms with Gasteiger partial charge in [0.25, 0.3) is 0 Å². The number of rotatable bonds is 14. The van der Waals surface area contributed by atoms with E-state index in [1.807, 2.05) is 18.2 Å². The van der Waals surface area contributed by atoms with Crippen LogP contribution in [0.4, 0.5) is 0 Å². The van der Waals surface area contributed by atoms with E-state index < -0.39 is 0 Å². The summed E-state index contributed by atoms with van der Waals surface area (Å²) in [5, 5.41) is 19.7. The zero-order valence-electron chi connectivity index (χ0n) is 21.3. The Balaban J connectivity index is 1.53. The lowest BCUT2D eigenvalue weighted by molar-refractivity contribution is 0.162. The number of hydrogen-bond donors (Lipinski definition) is 2. The first-order valence-corrected chi connectivity index (χ1v) is 14.1. The number of unbranched alkanes of at least 4 members (excludes halogenated alkanes) is 3. The highest BCUT2D eigenvalue weighted by atomic mass is 32.2. The van der Waals surface area contributed by atoms with Crippen molar-refractivity contribution in [1.82, 2.24) is 4.90 Å². The van der Waals surface area contributed by atoms with Gasteiger partial charge >= 0.3 is 0 Å². The van der Waals surface area contributed by atoms with Crippen molar-refractivity contribution in [3.8, 4) is 17.2 Å². The number of phenols is 2. The third kappa shape index (κ3) is 7.32. The summed E-state index contributed by atoms with van der Waals surface area (Å²) in [4.78, 5) is 2.48. The number of phenolic OH excluding ortho intramolecular Hbond substituents is 2. The third-order valence-electron chi connectivity index (χ3n) is 7.20. The zero-order valence-corrected chi connectivity index (χ0v) is 22.1. The Hall–Kier alpha value is -1.85. The molecule has 0 saturated heterocycles. The van der Waals surface area contributed by atoms with Crippen LogP contribution in [0.3, 0.4) is 0 Å². The van der Waals surface area contributed by atoms with E-state index >= 15 is 0 Å². The van der Waals surface area contributed by atoms with Crippen LogP contribution in [0.25, 0.3) is 0 Å². The maximum Gasteiger partial charge on any atom is 0.126 e. The molecule has 5 heteroatoms. The molecule has 2 N–H and O–H groups in total. The number of ether oxygens (including phenoxy) is 1. The summed E-state index contributed by atoms with van der Waals surface area (Å²) in [6.45, 7) is 7.44. The summed E-state index contributed by atoms with van der Waals surface area (Å²) in [5.41, 5.74) is 2.19. The van der Waals surface area contributed by atoms with Gasteiger partial charge in [-0.2, -0.15) is 11.8 Å². The lowest BCUT2D eigenvalue weighted by Gasteiger charge is -2.43. The van der Waals surface area contributed by atoms with Crippen molar-refractivity contribution in [1.29, 1.82) is 0 Å². The molecule has 1 heterocycles. The molecule has 0 spiro atoms. The Morgan fingerprint density at radius 1 is 0.941 bits per heavy atom. The lowest BCUT2D eigenvalue weighted by Crippen LogP contribution is -2.40. The van der Waals surface area contributed by atoms with Gasteiger partial charge in [0.05, 0.1) is 6.61 Å². The monoisotopic (exact) mass is 485 g/mol. The van der Waals surface area contributed by atoms with Crippen molar-refractivity contribution >= 4 is 11.8 Å². The molecule has 188 valence electrons. The van der Waals surface area contributed by atoms with Crippen LogP contribution in [0.5, 0.6) is 17.2 Å². The third-order valence-corrected chi connectivity index (χ3v) is 8.35. The minimum atomic E-state index is -0.177. The Morgan fingerprint density at radius 3 is 2.41 bits per heavy atom. The van der Waals surface area contributed by atoms with Crippen LogP contribution >= 0.6 is 11.8 Å². The fourth-order valence-corrected chi connectivity index (χ4v) is 6.04. The Labute approximate surface area is 210 Å². The standard InChI is InChI=1S/C29H43NO3S/c1-4-5-19-34-20-9-18-30(3)17-8-6-7-10-27-26-16-15-25(32)21-28(26)33-22-29(27,2)23-11-13-24(31)14-12-23/h11-16,21,27,31-32H,4-10,17-20,22H2,1-3H3. The van der Waals surface area contributed by atoms with Gasteiger partial charge in [-0.1, -0.05) is 51.3 Å². The van der Waals surface area contributed by atoms with Gasteiger partial charge < -0.3 is 19.8 Å². The summed E-state index contributed by atoms with van der Waals surface area (Å²) in [6.07, 6.45) is 8.60. The van der Waals surface area contributed by atoms with Crippen LogP contribution in [-0.4, -0.2) is 53.4 Å². The fraction of sp³-hybridized carbons (Fsp3) is 0.586. The highest BCUT2D eigenvalue weighted by Crippen LogP contribution is 2.49. The van der Waals surface area contributed by atoms with Crippen molar-refractivity contribution in [2.45, 2.75) is 70.1 Å². The van der Waals surface area contributed by atoms with Crippen LogP contribution in [0.15, 0.2) is 42.5 Å². The molecule has 34 heavy (non-hydrogen) atoms. The number of hydrogen-bond acceptors (Lipinski definition) is 5. The number of thioether (sulfide) groups is 1. The van der Waals surface area contributed by atoms with Crippen LogP contribution in [0.2, 0.25) is 0 Å². The van der Waals surface area contributed by atoms with E-state index in [9.17, 15) is 10.2 Å². The Kier molecular flexibility index (Phi) is 10.5.